The standard InChI is InChI=1S/C15H16FN3/c1-2-8-19-9-6-12(7-10-19)18-15-5-3-4-14(16)13(15)11-17/h1,3-5,12,18H,6-10H2. The van der Waals surface area contributed by atoms with Gasteiger partial charge < -0.3 is 5.32 Å². The van der Waals surface area contributed by atoms with Crippen LogP contribution < -0.4 is 5.32 Å². The minimum absolute atomic E-state index is 0.0913. The SMILES string of the molecule is C#CCN1CCC(Nc2cccc(F)c2C#N)CC1. The number of anilines is 1. The van der Waals surface area contributed by atoms with Crippen molar-refractivity contribution in [3.8, 4) is 18.4 Å². The van der Waals surface area contributed by atoms with Crippen LogP contribution in [-0.2, 0) is 0 Å². The molecule has 1 N–H and O–H groups in total. The fourth-order valence-corrected chi connectivity index (χ4v) is 2.34. The number of hydrogen-bond acceptors (Lipinski definition) is 3. The van der Waals surface area contributed by atoms with Gasteiger partial charge in [-0.25, -0.2) is 4.39 Å². The molecule has 1 aliphatic heterocycles. The summed E-state index contributed by atoms with van der Waals surface area (Å²) < 4.78 is 13.5. The maximum atomic E-state index is 13.5. The smallest absolute Gasteiger partial charge is 0.143 e. The Morgan fingerprint density at radius 2 is 2.16 bits per heavy atom. The summed E-state index contributed by atoms with van der Waals surface area (Å²) in [5, 5.41) is 12.2. The van der Waals surface area contributed by atoms with E-state index in [4.69, 9.17) is 11.7 Å². The Balaban J connectivity index is 1.99. The lowest BCUT2D eigenvalue weighted by molar-refractivity contribution is 0.243. The number of halogens is 1. The Morgan fingerprint density at radius 3 is 2.79 bits per heavy atom. The van der Waals surface area contributed by atoms with Crippen molar-refractivity contribution in [3.05, 3.63) is 29.6 Å². The molecule has 0 amide bonds. The largest absolute Gasteiger partial charge is 0.381 e. The molecule has 1 heterocycles. The van der Waals surface area contributed by atoms with E-state index in [9.17, 15) is 4.39 Å². The molecule has 0 radical (unpaired) electrons. The number of piperidine rings is 1. The average molecular weight is 257 g/mol. The molecule has 1 aliphatic rings. The third kappa shape index (κ3) is 3.24. The van der Waals surface area contributed by atoms with Crippen molar-refractivity contribution in [2.45, 2.75) is 18.9 Å². The van der Waals surface area contributed by atoms with Gasteiger partial charge in [0, 0.05) is 19.1 Å². The predicted octanol–water partition coefficient (Wildman–Crippen LogP) is 2.21. The molecule has 0 aromatic heterocycles. The fraction of sp³-hybridized carbons (Fsp3) is 0.400. The topological polar surface area (TPSA) is 39.1 Å². The summed E-state index contributed by atoms with van der Waals surface area (Å²) in [5.41, 5.74) is 0.673. The van der Waals surface area contributed by atoms with Crippen LogP contribution in [0.3, 0.4) is 0 Å². The van der Waals surface area contributed by atoms with Gasteiger partial charge in [-0.1, -0.05) is 12.0 Å². The molecule has 1 aromatic carbocycles. The molecule has 0 bridgehead atoms. The van der Waals surface area contributed by atoms with Crippen LogP contribution in [0.4, 0.5) is 10.1 Å². The van der Waals surface area contributed by atoms with Gasteiger partial charge in [-0.2, -0.15) is 5.26 Å². The van der Waals surface area contributed by atoms with Crippen molar-refractivity contribution >= 4 is 5.69 Å². The van der Waals surface area contributed by atoms with Crippen molar-refractivity contribution in [2.24, 2.45) is 0 Å². The summed E-state index contributed by atoms with van der Waals surface area (Å²) in [7, 11) is 0. The average Bonchev–Trinajstić information content (AvgIpc) is 2.42. The Labute approximate surface area is 113 Å². The minimum atomic E-state index is -0.475. The van der Waals surface area contributed by atoms with E-state index in [2.05, 4.69) is 16.1 Å². The molecular weight excluding hydrogens is 241 g/mol. The van der Waals surface area contributed by atoms with Crippen LogP contribution in [0.2, 0.25) is 0 Å². The van der Waals surface area contributed by atoms with Gasteiger partial charge in [0.2, 0.25) is 0 Å². The van der Waals surface area contributed by atoms with Gasteiger partial charge in [0.15, 0.2) is 0 Å². The van der Waals surface area contributed by atoms with Crippen molar-refractivity contribution in [3.63, 3.8) is 0 Å². The number of nitrogens with zero attached hydrogens (tertiary/aromatic N) is 2. The molecule has 0 spiro atoms. The first-order valence-electron chi connectivity index (χ1n) is 6.35. The number of likely N-dealkylation sites (tertiary alicyclic amines) is 1. The lowest BCUT2D eigenvalue weighted by atomic mass is 10.0. The molecule has 1 saturated heterocycles. The van der Waals surface area contributed by atoms with Gasteiger partial charge in [0.05, 0.1) is 12.2 Å². The molecule has 1 aromatic rings. The summed E-state index contributed by atoms with van der Waals surface area (Å²) in [6, 6.07) is 6.84. The zero-order valence-electron chi connectivity index (χ0n) is 10.7. The van der Waals surface area contributed by atoms with Crippen LogP contribution in [0.25, 0.3) is 0 Å². The summed E-state index contributed by atoms with van der Waals surface area (Å²) in [4.78, 5) is 2.22. The Kier molecular flexibility index (Phi) is 4.39. The van der Waals surface area contributed by atoms with Crippen LogP contribution in [0.1, 0.15) is 18.4 Å². The minimum Gasteiger partial charge on any atom is -0.381 e. The lowest BCUT2D eigenvalue weighted by Crippen LogP contribution is -2.39. The number of nitrogens with one attached hydrogen (secondary N) is 1. The fourth-order valence-electron chi connectivity index (χ4n) is 2.34. The van der Waals surface area contributed by atoms with Gasteiger partial charge in [-0.05, 0) is 25.0 Å². The van der Waals surface area contributed by atoms with Crippen LogP contribution in [-0.4, -0.2) is 30.6 Å². The Bertz CT molecular complexity index is 519. The summed E-state index contributed by atoms with van der Waals surface area (Å²) >= 11 is 0. The number of hydrogen-bond donors (Lipinski definition) is 1. The van der Waals surface area contributed by atoms with E-state index >= 15 is 0 Å². The molecule has 3 nitrogen and oxygen atoms in total. The van der Waals surface area contributed by atoms with Gasteiger partial charge in [0.1, 0.15) is 17.4 Å². The molecule has 0 unspecified atom stereocenters. The van der Waals surface area contributed by atoms with Crippen molar-refractivity contribution in [2.75, 3.05) is 25.0 Å². The molecule has 19 heavy (non-hydrogen) atoms. The second kappa shape index (κ2) is 6.22. The number of rotatable bonds is 3. The van der Waals surface area contributed by atoms with Crippen LogP contribution in [0.15, 0.2) is 18.2 Å². The van der Waals surface area contributed by atoms with E-state index < -0.39 is 5.82 Å². The van der Waals surface area contributed by atoms with Crippen LogP contribution >= 0.6 is 0 Å². The second-order valence-electron chi connectivity index (χ2n) is 4.67. The highest BCUT2D eigenvalue weighted by Crippen LogP contribution is 2.21. The quantitative estimate of drug-likeness (QED) is 0.844. The highest BCUT2D eigenvalue weighted by atomic mass is 19.1. The normalized spacial score (nSPS) is 16.6. The number of benzene rings is 1. The highest BCUT2D eigenvalue weighted by Gasteiger charge is 2.19. The van der Waals surface area contributed by atoms with Gasteiger partial charge >= 0.3 is 0 Å². The molecule has 0 saturated carbocycles. The van der Waals surface area contributed by atoms with Crippen molar-refractivity contribution in [1.82, 2.24) is 4.90 Å². The molecule has 2 rings (SSSR count). The Hall–Kier alpha value is -2.04. The molecule has 1 fully saturated rings. The monoisotopic (exact) mass is 257 g/mol. The van der Waals surface area contributed by atoms with Gasteiger partial charge in [-0.3, -0.25) is 4.90 Å². The second-order valence-corrected chi connectivity index (χ2v) is 4.67. The maximum absolute atomic E-state index is 13.5. The van der Waals surface area contributed by atoms with E-state index in [0.29, 0.717) is 12.2 Å². The van der Waals surface area contributed by atoms with Gasteiger partial charge in [-0.15, -0.1) is 6.42 Å². The zero-order chi connectivity index (χ0) is 13.7. The number of nitriles is 1. The van der Waals surface area contributed by atoms with E-state index in [1.807, 2.05) is 6.07 Å². The van der Waals surface area contributed by atoms with E-state index in [1.54, 1.807) is 12.1 Å². The molecule has 4 heteroatoms. The lowest BCUT2D eigenvalue weighted by Gasteiger charge is -2.31. The zero-order valence-corrected chi connectivity index (χ0v) is 10.7. The predicted molar refractivity (Wildman–Crippen MR) is 73.0 cm³/mol. The summed E-state index contributed by atoms with van der Waals surface area (Å²) in [6.07, 6.45) is 7.18. The van der Waals surface area contributed by atoms with E-state index in [0.717, 1.165) is 25.9 Å². The van der Waals surface area contributed by atoms with Crippen molar-refractivity contribution in [1.29, 1.82) is 5.26 Å². The highest BCUT2D eigenvalue weighted by molar-refractivity contribution is 5.58. The number of terminal acetylenes is 1. The van der Waals surface area contributed by atoms with Gasteiger partial charge in [0.25, 0.3) is 0 Å². The summed E-state index contributed by atoms with van der Waals surface area (Å²) in [5.74, 6) is 2.17. The maximum Gasteiger partial charge on any atom is 0.143 e. The first-order valence-corrected chi connectivity index (χ1v) is 6.35. The molecular formula is C15H16FN3. The van der Waals surface area contributed by atoms with E-state index in [1.165, 1.54) is 6.07 Å². The third-order valence-electron chi connectivity index (χ3n) is 3.39. The van der Waals surface area contributed by atoms with Crippen LogP contribution in [0, 0.1) is 29.5 Å². The summed E-state index contributed by atoms with van der Waals surface area (Å²) in [6.45, 7) is 2.54. The third-order valence-corrected chi connectivity index (χ3v) is 3.39. The first kappa shape index (κ1) is 13.4. The van der Waals surface area contributed by atoms with E-state index in [-0.39, 0.29) is 11.6 Å². The van der Waals surface area contributed by atoms with Crippen molar-refractivity contribution < 1.29 is 4.39 Å². The van der Waals surface area contributed by atoms with Crippen LogP contribution in [0.5, 0.6) is 0 Å². The molecule has 98 valence electrons. The molecule has 0 aliphatic carbocycles. The molecule has 0 atom stereocenters. The Morgan fingerprint density at radius 1 is 1.42 bits per heavy atom. The first-order chi connectivity index (χ1) is 9.24.